The van der Waals surface area contributed by atoms with E-state index in [-0.39, 0.29) is 11.5 Å². The first-order valence-electron chi connectivity index (χ1n) is 7.21. The summed E-state index contributed by atoms with van der Waals surface area (Å²) in [4.78, 5) is 2.36. The Labute approximate surface area is 119 Å². The molecule has 2 N–H and O–H groups in total. The largest absolute Gasteiger partial charge is 0.371 e. The Morgan fingerprint density at radius 2 is 1.79 bits per heavy atom. The van der Waals surface area contributed by atoms with Gasteiger partial charge in [-0.25, -0.2) is 0 Å². The van der Waals surface area contributed by atoms with E-state index in [4.69, 9.17) is 5.73 Å². The van der Waals surface area contributed by atoms with E-state index in [1.54, 1.807) is 0 Å². The fourth-order valence-electron chi connectivity index (χ4n) is 2.28. The van der Waals surface area contributed by atoms with Crippen molar-refractivity contribution in [2.75, 3.05) is 11.9 Å². The molecule has 2 atom stereocenters. The number of nitrogens with zero attached hydrogens (tertiary/aromatic N) is 1. The molecular weight excluding hydrogens is 232 g/mol. The third-order valence-electron chi connectivity index (χ3n) is 4.11. The lowest BCUT2D eigenvalue weighted by atomic mass is 9.87. The van der Waals surface area contributed by atoms with Crippen molar-refractivity contribution in [3.05, 3.63) is 29.3 Å². The SMILES string of the molecule is Cc1cc(N(C)C(C)C(C)(C)C)ccc1CC(C)N. The van der Waals surface area contributed by atoms with Crippen LogP contribution < -0.4 is 10.6 Å². The van der Waals surface area contributed by atoms with E-state index in [2.05, 4.69) is 71.7 Å². The van der Waals surface area contributed by atoms with E-state index in [0.29, 0.717) is 6.04 Å². The van der Waals surface area contributed by atoms with Gasteiger partial charge in [0.15, 0.2) is 0 Å². The molecule has 1 rings (SSSR count). The monoisotopic (exact) mass is 262 g/mol. The molecular formula is C17H30N2. The van der Waals surface area contributed by atoms with E-state index in [0.717, 1.165) is 6.42 Å². The van der Waals surface area contributed by atoms with Gasteiger partial charge in [0.2, 0.25) is 0 Å². The van der Waals surface area contributed by atoms with Gasteiger partial charge in [0.1, 0.15) is 0 Å². The predicted molar refractivity (Wildman–Crippen MR) is 85.9 cm³/mol. The zero-order valence-corrected chi connectivity index (χ0v) is 13.6. The molecule has 0 aliphatic rings. The van der Waals surface area contributed by atoms with Crippen LogP contribution in [0.15, 0.2) is 18.2 Å². The minimum absolute atomic E-state index is 0.218. The molecule has 2 nitrogen and oxygen atoms in total. The summed E-state index contributed by atoms with van der Waals surface area (Å²) in [6.45, 7) is 13.4. The molecule has 0 bridgehead atoms. The molecule has 2 heteroatoms. The summed E-state index contributed by atoms with van der Waals surface area (Å²) in [6, 6.07) is 7.43. The van der Waals surface area contributed by atoms with Crippen LogP contribution in [0.5, 0.6) is 0 Å². The van der Waals surface area contributed by atoms with Crippen molar-refractivity contribution in [3.63, 3.8) is 0 Å². The zero-order chi connectivity index (χ0) is 14.8. The normalized spacial score (nSPS) is 15.2. The van der Waals surface area contributed by atoms with E-state index in [9.17, 15) is 0 Å². The lowest BCUT2D eigenvalue weighted by Crippen LogP contribution is -2.39. The van der Waals surface area contributed by atoms with Crippen LogP contribution in [0.2, 0.25) is 0 Å². The maximum absolute atomic E-state index is 5.89. The Morgan fingerprint density at radius 1 is 1.21 bits per heavy atom. The van der Waals surface area contributed by atoms with Crippen molar-refractivity contribution in [2.24, 2.45) is 11.1 Å². The van der Waals surface area contributed by atoms with Crippen LogP contribution in [0, 0.1) is 12.3 Å². The minimum atomic E-state index is 0.218. The second-order valence-electron chi connectivity index (χ2n) is 6.95. The van der Waals surface area contributed by atoms with Crippen LogP contribution in [0.1, 0.15) is 45.7 Å². The van der Waals surface area contributed by atoms with Gasteiger partial charge >= 0.3 is 0 Å². The molecule has 1 aromatic rings. The van der Waals surface area contributed by atoms with Gasteiger partial charge in [-0.1, -0.05) is 26.8 Å². The summed E-state index contributed by atoms with van der Waals surface area (Å²) in [5.41, 5.74) is 10.1. The number of rotatable bonds is 4. The maximum atomic E-state index is 5.89. The fraction of sp³-hybridized carbons (Fsp3) is 0.647. The molecule has 0 spiro atoms. The lowest BCUT2D eigenvalue weighted by molar-refractivity contribution is 0.330. The topological polar surface area (TPSA) is 29.3 Å². The van der Waals surface area contributed by atoms with Crippen molar-refractivity contribution in [2.45, 2.75) is 60.0 Å². The average Bonchev–Trinajstić information content (AvgIpc) is 2.28. The van der Waals surface area contributed by atoms with Crippen molar-refractivity contribution in [3.8, 4) is 0 Å². The Kier molecular flexibility index (Phi) is 5.03. The predicted octanol–water partition coefficient (Wildman–Crippen LogP) is 3.76. The standard InChI is InChI=1S/C17H30N2/c1-12-10-16(9-8-15(12)11-13(2)18)19(7)14(3)17(4,5)6/h8-10,13-14H,11,18H2,1-7H3. The molecule has 0 saturated heterocycles. The highest BCUT2D eigenvalue weighted by Crippen LogP contribution is 2.28. The second kappa shape index (κ2) is 5.96. The second-order valence-corrected chi connectivity index (χ2v) is 6.95. The Balaban J connectivity index is 2.94. The van der Waals surface area contributed by atoms with E-state index in [1.165, 1.54) is 16.8 Å². The lowest BCUT2D eigenvalue weighted by Gasteiger charge is -2.37. The number of hydrogen-bond donors (Lipinski definition) is 1. The van der Waals surface area contributed by atoms with Gasteiger partial charge in [0.25, 0.3) is 0 Å². The summed E-state index contributed by atoms with van der Waals surface area (Å²) < 4.78 is 0. The Morgan fingerprint density at radius 3 is 2.21 bits per heavy atom. The molecule has 0 aliphatic carbocycles. The zero-order valence-electron chi connectivity index (χ0n) is 13.6. The Bertz CT molecular complexity index is 416. The van der Waals surface area contributed by atoms with Crippen LogP contribution >= 0.6 is 0 Å². The van der Waals surface area contributed by atoms with Gasteiger partial charge < -0.3 is 10.6 Å². The number of benzene rings is 1. The molecule has 0 radical (unpaired) electrons. The van der Waals surface area contributed by atoms with Crippen LogP contribution in [-0.4, -0.2) is 19.1 Å². The van der Waals surface area contributed by atoms with Crippen LogP contribution in [0.3, 0.4) is 0 Å². The highest BCUT2D eigenvalue weighted by molar-refractivity contribution is 5.51. The molecule has 108 valence electrons. The van der Waals surface area contributed by atoms with Crippen molar-refractivity contribution >= 4 is 5.69 Å². The van der Waals surface area contributed by atoms with Crippen LogP contribution in [-0.2, 0) is 6.42 Å². The summed E-state index contributed by atoms with van der Waals surface area (Å²) in [7, 11) is 2.18. The number of anilines is 1. The molecule has 19 heavy (non-hydrogen) atoms. The first-order valence-corrected chi connectivity index (χ1v) is 7.21. The van der Waals surface area contributed by atoms with Gasteiger partial charge in [-0.2, -0.15) is 0 Å². The maximum Gasteiger partial charge on any atom is 0.0369 e. The van der Waals surface area contributed by atoms with Crippen molar-refractivity contribution < 1.29 is 0 Å². The van der Waals surface area contributed by atoms with Gasteiger partial charge in [-0.05, 0) is 55.9 Å². The van der Waals surface area contributed by atoms with Gasteiger partial charge in [0.05, 0.1) is 0 Å². The number of nitrogens with two attached hydrogens (primary N) is 1. The molecule has 1 aromatic carbocycles. The summed E-state index contributed by atoms with van der Waals surface area (Å²) in [6.07, 6.45) is 0.949. The van der Waals surface area contributed by atoms with Crippen molar-refractivity contribution in [1.82, 2.24) is 0 Å². The summed E-state index contributed by atoms with van der Waals surface area (Å²) in [5.74, 6) is 0. The molecule has 0 heterocycles. The van der Waals surface area contributed by atoms with E-state index in [1.807, 2.05) is 0 Å². The fourth-order valence-corrected chi connectivity index (χ4v) is 2.28. The van der Waals surface area contributed by atoms with E-state index < -0.39 is 0 Å². The van der Waals surface area contributed by atoms with Crippen LogP contribution in [0.4, 0.5) is 5.69 Å². The molecule has 2 unspecified atom stereocenters. The molecule has 0 fully saturated rings. The van der Waals surface area contributed by atoms with E-state index >= 15 is 0 Å². The third-order valence-corrected chi connectivity index (χ3v) is 4.11. The quantitative estimate of drug-likeness (QED) is 0.895. The Hall–Kier alpha value is -1.02. The number of aryl methyl sites for hydroxylation is 1. The molecule has 0 saturated carbocycles. The summed E-state index contributed by atoms with van der Waals surface area (Å²) >= 11 is 0. The first-order chi connectivity index (χ1) is 8.62. The van der Waals surface area contributed by atoms with Gasteiger partial charge in [-0.15, -0.1) is 0 Å². The van der Waals surface area contributed by atoms with Crippen LogP contribution in [0.25, 0.3) is 0 Å². The minimum Gasteiger partial charge on any atom is -0.371 e. The first kappa shape index (κ1) is 16.0. The summed E-state index contributed by atoms with van der Waals surface area (Å²) in [5, 5.41) is 0. The van der Waals surface area contributed by atoms with Crippen molar-refractivity contribution in [1.29, 1.82) is 0 Å². The molecule has 0 aromatic heterocycles. The number of hydrogen-bond acceptors (Lipinski definition) is 2. The smallest absolute Gasteiger partial charge is 0.0369 e. The average molecular weight is 262 g/mol. The highest BCUT2D eigenvalue weighted by atomic mass is 15.1. The molecule has 0 amide bonds. The van der Waals surface area contributed by atoms with Gasteiger partial charge in [-0.3, -0.25) is 0 Å². The molecule has 0 aliphatic heterocycles. The highest BCUT2D eigenvalue weighted by Gasteiger charge is 2.24. The third kappa shape index (κ3) is 4.24. The van der Waals surface area contributed by atoms with Gasteiger partial charge in [0, 0.05) is 24.8 Å².